The molecule has 0 saturated carbocycles. The van der Waals surface area contributed by atoms with Crippen molar-refractivity contribution >= 4 is 23.1 Å². The first-order valence-electron chi connectivity index (χ1n) is 2.12. The first kappa shape index (κ1) is 13.0. The van der Waals surface area contributed by atoms with Crippen molar-refractivity contribution in [2.75, 3.05) is 0 Å². The van der Waals surface area contributed by atoms with E-state index < -0.39 is 11.6 Å². The van der Waals surface area contributed by atoms with Crippen molar-refractivity contribution in [1.82, 2.24) is 0 Å². The zero-order chi connectivity index (χ0) is 5.98. The Morgan fingerprint density at radius 2 is 1.80 bits per heavy atom. The Bertz CT molecular complexity index is 172. The molecule has 0 aromatic heterocycles. The van der Waals surface area contributed by atoms with Gasteiger partial charge in [-0.05, 0) is 0 Å². The van der Waals surface area contributed by atoms with E-state index in [0.29, 0.717) is 0 Å². The van der Waals surface area contributed by atoms with Gasteiger partial charge in [0.1, 0.15) is 0 Å². The average Bonchev–Trinajstić information content (AvgIpc) is 1.77. The van der Waals surface area contributed by atoms with E-state index in [1.807, 2.05) is 0 Å². The molecule has 0 amide bonds. The molecule has 0 bridgehead atoms. The molecule has 1 aromatic carbocycles. The van der Waals surface area contributed by atoms with Crippen LogP contribution in [0.1, 0.15) is 0 Å². The summed E-state index contributed by atoms with van der Waals surface area (Å²) in [6.45, 7) is 0. The quantitative estimate of drug-likeness (QED) is 0.362. The molecule has 0 atom stereocenters. The normalized spacial score (nSPS) is 7.40. The molecule has 0 aliphatic heterocycles. The Labute approximate surface area is 84.5 Å². The summed E-state index contributed by atoms with van der Waals surface area (Å²) in [5, 5.41) is 0. The largest absolute Gasteiger partial charge is 2.00 e. The van der Waals surface area contributed by atoms with E-state index in [1.54, 1.807) is 0 Å². The van der Waals surface area contributed by atoms with Gasteiger partial charge in [0.25, 0.3) is 0 Å². The van der Waals surface area contributed by atoms with E-state index in [1.165, 1.54) is 6.07 Å². The van der Waals surface area contributed by atoms with Gasteiger partial charge in [-0.3, -0.25) is 4.39 Å². The maximum absolute atomic E-state index is 11.9. The monoisotopic (exact) mass is 216 g/mol. The van der Waals surface area contributed by atoms with Gasteiger partial charge in [0.2, 0.25) is 0 Å². The zero-order valence-corrected chi connectivity index (χ0v) is 8.07. The molecule has 0 saturated heterocycles. The minimum Gasteiger partial charge on any atom is -1.00 e. The Morgan fingerprint density at radius 1 is 1.20 bits per heavy atom. The number of benzene rings is 1. The summed E-state index contributed by atoms with van der Waals surface area (Å²) in [4.78, 5) is 0. The van der Waals surface area contributed by atoms with Gasteiger partial charge >= 0.3 is 23.1 Å². The zero-order valence-electron chi connectivity index (χ0n) is 5.07. The molecule has 0 unspecified atom stereocenters. The second-order valence-electron chi connectivity index (χ2n) is 1.34. The predicted octanol–water partition coefficient (Wildman–Crippen LogP) is -1.61. The van der Waals surface area contributed by atoms with Crippen molar-refractivity contribution in [1.29, 1.82) is 0 Å². The Kier molecular flexibility index (Phi) is 7.86. The molecule has 10 heavy (non-hydrogen) atoms. The Hall–Kier alpha value is 0.326. The third-order valence-corrected chi connectivity index (χ3v) is 0.764. The van der Waals surface area contributed by atoms with Gasteiger partial charge in [0.15, 0.2) is 0 Å². The first-order chi connectivity index (χ1) is 3.80. The summed E-state index contributed by atoms with van der Waals surface area (Å²) in [6.07, 6.45) is 0. The van der Waals surface area contributed by atoms with Crippen LogP contribution in [0.2, 0.25) is 0 Å². The van der Waals surface area contributed by atoms with Crippen molar-refractivity contribution in [3.63, 3.8) is 0 Å². The van der Waals surface area contributed by atoms with Gasteiger partial charge in [0.05, 0.1) is 0 Å². The summed E-state index contributed by atoms with van der Waals surface area (Å²) in [6, 6.07) is 5.68. The van der Waals surface area contributed by atoms with E-state index in [-0.39, 0.29) is 40.0 Å². The van der Waals surface area contributed by atoms with Crippen molar-refractivity contribution in [2.24, 2.45) is 0 Å². The van der Waals surface area contributed by atoms with Crippen LogP contribution in [0.15, 0.2) is 18.2 Å². The van der Waals surface area contributed by atoms with Crippen LogP contribution in [-0.4, -0.2) is 23.1 Å². The minimum atomic E-state index is -0.854. The molecule has 0 heterocycles. The second kappa shape index (κ2) is 6.06. The fourth-order valence-corrected chi connectivity index (χ4v) is 0.391. The van der Waals surface area contributed by atoms with Gasteiger partial charge < -0.3 is 17.0 Å². The fraction of sp³-hybridized carbons (Fsp3) is 0. The van der Waals surface area contributed by atoms with Crippen LogP contribution >= 0.6 is 0 Å². The van der Waals surface area contributed by atoms with Gasteiger partial charge in [-0.2, -0.15) is 12.1 Å². The van der Waals surface area contributed by atoms with Crippen LogP contribution < -0.4 is 17.0 Å². The van der Waals surface area contributed by atoms with Crippen LogP contribution in [0.3, 0.4) is 0 Å². The van der Waals surface area contributed by atoms with Gasteiger partial charge in [-0.1, -0.05) is 0 Å². The van der Waals surface area contributed by atoms with Crippen molar-refractivity contribution in [3.05, 3.63) is 35.9 Å². The topological polar surface area (TPSA) is 0 Å². The molecule has 0 fully saturated rings. The minimum absolute atomic E-state index is 0. The third kappa shape index (κ3) is 3.48. The van der Waals surface area contributed by atoms with Gasteiger partial charge in [-0.25, -0.2) is 4.39 Å². The van der Waals surface area contributed by atoms with E-state index in [9.17, 15) is 8.78 Å². The number of halogens is 3. The van der Waals surface area contributed by atoms with Crippen molar-refractivity contribution < 1.29 is 25.8 Å². The standard InChI is InChI=1S/C6H3F2.BrH.Mg/c7-5-3-1-2-4-6(5)8;;/h1,3-4H;1H;/q-1;;+2/p-1. The number of rotatable bonds is 0. The molecule has 4 heteroatoms. The fourth-order valence-electron chi connectivity index (χ4n) is 0.391. The van der Waals surface area contributed by atoms with Crippen molar-refractivity contribution in [2.45, 2.75) is 0 Å². The van der Waals surface area contributed by atoms with Crippen LogP contribution in [-0.2, 0) is 0 Å². The molecule has 1 rings (SSSR count). The smallest absolute Gasteiger partial charge is 1.00 e. The molecule has 0 spiro atoms. The predicted molar refractivity (Wildman–Crippen MR) is 30.9 cm³/mol. The van der Waals surface area contributed by atoms with Gasteiger partial charge in [0, 0.05) is 11.6 Å². The van der Waals surface area contributed by atoms with Crippen LogP contribution in [0.5, 0.6) is 0 Å². The van der Waals surface area contributed by atoms with E-state index in [4.69, 9.17) is 0 Å². The van der Waals surface area contributed by atoms with Crippen LogP contribution in [0.4, 0.5) is 8.78 Å². The van der Waals surface area contributed by atoms with Crippen molar-refractivity contribution in [3.8, 4) is 0 Å². The second-order valence-corrected chi connectivity index (χ2v) is 1.34. The molecular weight excluding hydrogens is 214 g/mol. The molecule has 0 aliphatic rings. The third-order valence-electron chi connectivity index (χ3n) is 0.764. The Morgan fingerprint density at radius 3 is 2.10 bits per heavy atom. The molecule has 0 nitrogen and oxygen atoms in total. The Balaban J connectivity index is 0. The molecule has 50 valence electrons. The first-order valence-corrected chi connectivity index (χ1v) is 2.12. The summed E-state index contributed by atoms with van der Waals surface area (Å²) < 4.78 is 23.8. The summed E-state index contributed by atoms with van der Waals surface area (Å²) in [5.74, 6) is -1.68. The molecule has 1 aromatic rings. The number of hydrogen-bond acceptors (Lipinski definition) is 0. The van der Waals surface area contributed by atoms with Gasteiger partial charge in [-0.15, -0.1) is 12.1 Å². The van der Waals surface area contributed by atoms with E-state index >= 15 is 0 Å². The molecule has 0 aliphatic carbocycles. The SMILES string of the molecule is Fc1c[c-]ccc1F.[Br-].[Mg+2]. The molecular formula is C6H3BrF2Mg. The van der Waals surface area contributed by atoms with E-state index in [0.717, 1.165) is 12.1 Å². The van der Waals surface area contributed by atoms with Crippen LogP contribution in [0.25, 0.3) is 0 Å². The summed E-state index contributed by atoms with van der Waals surface area (Å²) >= 11 is 0. The average molecular weight is 217 g/mol. The number of hydrogen-bond donors (Lipinski definition) is 0. The molecule has 0 N–H and O–H groups in total. The maximum atomic E-state index is 11.9. The summed E-state index contributed by atoms with van der Waals surface area (Å²) in [5.41, 5.74) is 0. The summed E-state index contributed by atoms with van der Waals surface area (Å²) in [7, 11) is 0. The van der Waals surface area contributed by atoms with E-state index in [2.05, 4.69) is 6.07 Å². The maximum Gasteiger partial charge on any atom is 2.00 e. The molecule has 0 radical (unpaired) electrons. The van der Waals surface area contributed by atoms with Crippen LogP contribution in [0, 0.1) is 17.7 Å².